The molecule has 1 heterocycles. The molecule has 5 nitrogen and oxygen atoms in total. The number of amides is 1. The molecule has 1 unspecified atom stereocenters. The highest BCUT2D eigenvalue weighted by Gasteiger charge is 2.24. The number of para-hydroxylation sites is 1. The van der Waals surface area contributed by atoms with Crippen LogP contribution >= 0.6 is 0 Å². The van der Waals surface area contributed by atoms with Gasteiger partial charge in [-0.25, -0.2) is 4.79 Å². The number of aryl methyl sites for hydroxylation is 1. The van der Waals surface area contributed by atoms with Gasteiger partial charge in [-0.05, 0) is 36.9 Å². The van der Waals surface area contributed by atoms with Crippen LogP contribution in [0.3, 0.4) is 0 Å². The van der Waals surface area contributed by atoms with Crippen LogP contribution in [0.5, 0.6) is 0 Å². The predicted molar refractivity (Wildman–Crippen MR) is 119 cm³/mol. The summed E-state index contributed by atoms with van der Waals surface area (Å²) in [6.45, 7) is 3.64. The average Bonchev–Trinajstić information content (AvgIpc) is 2.76. The normalized spacial score (nSPS) is 11.9. The molecule has 0 aliphatic carbocycles. The number of nitrogens with zero attached hydrogens (tertiary/aromatic N) is 1. The molecule has 150 valence electrons. The Morgan fingerprint density at radius 2 is 1.67 bits per heavy atom. The van der Waals surface area contributed by atoms with Crippen molar-refractivity contribution in [1.29, 1.82) is 0 Å². The number of anilines is 1. The maximum Gasteiger partial charge on any atom is 0.339 e. The van der Waals surface area contributed by atoms with Crippen molar-refractivity contribution >= 4 is 39.2 Å². The minimum absolute atomic E-state index is 0.350. The maximum atomic E-state index is 12.9. The van der Waals surface area contributed by atoms with E-state index in [2.05, 4.69) is 10.3 Å². The predicted octanol–water partition coefficient (Wildman–Crippen LogP) is 5.27. The van der Waals surface area contributed by atoms with Gasteiger partial charge < -0.3 is 10.1 Å². The van der Waals surface area contributed by atoms with Crippen LogP contribution in [-0.2, 0) is 9.53 Å². The number of pyridine rings is 1. The fraction of sp³-hybridized carbons (Fsp3) is 0.160. The van der Waals surface area contributed by atoms with Gasteiger partial charge in [-0.3, -0.25) is 9.78 Å². The zero-order valence-electron chi connectivity index (χ0n) is 16.9. The summed E-state index contributed by atoms with van der Waals surface area (Å²) in [7, 11) is 0. The monoisotopic (exact) mass is 398 g/mol. The van der Waals surface area contributed by atoms with Gasteiger partial charge in [-0.15, -0.1) is 0 Å². The highest BCUT2D eigenvalue weighted by atomic mass is 16.5. The van der Waals surface area contributed by atoms with E-state index < -0.39 is 12.1 Å². The van der Waals surface area contributed by atoms with E-state index in [1.54, 1.807) is 6.07 Å². The van der Waals surface area contributed by atoms with Crippen LogP contribution in [0.4, 0.5) is 5.69 Å². The van der Waals surface area contributed by atoms with E-state index in [-0.39, 0.29) is 5.91 Å². The second kappa shape index (κ2) is 8.33. The summed E-state index contributed by atoms with van der Waals surface area (Å²) in [4.78, 5) is 30.3. The third-order valence-electron chi connectivity index (χ3n) is 5.02. The molecule has 5 heteroatoms. The Kier molecular flexibility index (Phi) is 5.44. The van der Waals surface area contributed by atoms with Gasteiger partial charge in [-0.2, -0.15) is 0 Å². The lowest BCUT2D eigenvalue weighted by Gasteiger charge is -2.17. The molecule has 0 spiro atoms. The molecule has 0 aliphatic heterocycles. The number of hydrogen-bond donors (Lipinski definition) is 1. The smallest absolute Gasteiger partial charge is 0.339 e. The molecule has 0 saturated heterocycles. The molecule has 0 fully saturated rings. The number of benzene rings is 3. The second-order valence-corrected chi connectivity index (χ2v) is 7.15. The van der Waals surface area contributed by atoms with Crippen LogP contribution in [0.25, 0.3) is 21.7 Å². The molecule has 0 saturated carbocycles. The molecule has 3 aromatic carbocycles. The average molecular weight is 398 g/mol. The van der Waals surface area contributed by atoms with Crippen molar-refractivity contribution in [3.8, 4) is 0 Å². The largest absolute Gasteiger partial charge is 0.449 e. The van der Waals surface area contributed by atoms with Gasteiger partial charge in [0.2, 0.25) is 0 Å². The fourth-order valence-electron chi connectivity index (χ4n) is 3.54. The molecule has 1 amide bonds. The van der Waals surface area contributed by atoms with Crippen molar-refractivity contribution in [2.75, 3.05) is 5.32 Å². The quantitative estimate of drug-likeness (QED) is 0.465. The maximum absolute atomic E-state index is 12.9. The number of carbonyl (C=O) groups is 2. The second-order valence-electron chi connectivity index (χ2n) is 7.15. The van der Waals surface area contributed by atoms with Crippen molar-refractivity contribution < 1.29 is 14.3 Å². The van der Waals surface area contributed by atoms with Crippen molar-refractivity contribution in [2.24, 2.45) is 0 Å². The van der Waals surface area contributed by atoms with Crippen molar-refractivity contribution in [2.45, 2.75) is 26.4 Å². The minimum Gasteiger partial charge on any atom is -0.449 e. The molecular formula is C25H22N2O3. The Labute approximate surface area is 174 Å². The van der Waals surface area contributed by atoms with E-state index in [1.165, 1.54) is 0 Å². The Hall–Kier alpha value is -3.73. The first-order valence-electron chi connectivity index (χ1n) is 9.93. The van der Waals surface area contributed by atoms with E-state index in [0.717, 1.165) is 16.3 Å². The highest BCUT2D eigenvalue weighted by molar-refractivity contribution is 6.06. The zero-order valence-corrected chi connectivity index (χ0v) is 16.9. The Morgan fingerprint density at radius 3 is 2.47 bits per heavy atom. The fourth-order valence-corrected chi connectivity index (χ4v) is 3.54. The van der Waals surface area contributed by atoms with Gasteiger partial charge in [-0.1, -0.05) is 61.5 Å². The Morgan fingerprint density at radius 1 is 0.967 bits per heavy atom. The van der Waals surface area contributed by atoms with Gasteiger partial charge in [0.25, 0.3) is 5.91 Å². The Balaban J connectivity index is 1.57. The summed E-state index contributed by atoms with van der Waals surface area (Å²) in [5.41, 5.74) is 2.54. The van der Waals surface area contributed by atoms with Crippen molar-refractivity contribution in [1.82, 2.24) is 4.98 Å². The number of nitrogens with one attached hydrogen (secondary N) is 1. The van der Waals surface area contributed by atoms with E-state index in [1.807, 2.05) is 80.6 Å². The van der Waals surface area contributed by atoms with Crippen LogP contribution in [0, 0.1) is 6.92 Å². The topological polar surface area (TPSA) is 68.3 Å². The summed E-state index contributed by atoms with van der Waals surface area (Å²) < 4.78 is 5.62. The number of aromatic nitrogens is 1. The summed E-state index contributed by atoms with van der Waals surface area (Å²) in [5, 5.41) is 5.58. The standard InChI is InChI=1S/C25H22N2O3/c1-3-23(24(28)27-21-14-8-10-17-9-4-5-11-18(17)21)30-25(29)20-15-16(2)26-22-13-7-6-12-19(20)22/h4-15,23H,3H2,1-2H3,(H,27,28). The first-order valence-corrected chi connectivity index (χ1v) is 9.93. The number of esters is 1. The SMILES string of the molecule is CCC(OC(=O)c1cc(C)nc2ccccc12)C(=O)Nc1cccc2ccccc12. The summed E-state index contributed by atoms with van der Waals surface area (Å²) in [6, 6.07) is 22.6. The zero-order chi connectivity index (χ0) is 21.1. The van der Waals surface area contributed by atoms with E-state index in [0.29, 0.717) is 28.8 Å². The van der Waals surface area contributed by atoms with Gasteiger partial charge in [0, 0.05) is 22.2 Å². The molecule has 0 radical (unpaired) electrons. The molecule has 4 aromatic rings. The van der Waals surface area contributed by atoms with Gasteiger partial charge >= 0.3 is 5.97 Å². The summed E-state index contributed by atoms with van der Waals surface area (Å²) >= 11 is 0. The number of rotatable bonds is 5. The van der Waals surface area contributed by atoms with Crippen molar-refractivity contribution in [3.05, 3.63) is 84.1 Å². The molecule has 0 aliphatic rings. The van der Waals surface area contributed by atoms with Crippen molar-refractivity contribution in [3.63, 3.8) is 0 Å². The van der Waals surface area contributed by atoms with Gasteiger partial charge in [0.1, 0.15) is 0 Å². The van der Waals surface area contributed by atoms with Crippen LogP contribution in [0.2, 0.25) is 0 Å². The molecule has 1 N–H and O–H groups in total. The lowest BCUT2D eigenvalue weighted by Crippen LogP contribution is -2.32. The van der Waals surface area contributed by atoms with E-state index in [9.17, 15) is 9.59 Å². The van der Waals surface area contributed by atoms with Gasteiger partial charge in [0.15, 0.2) is 6.10 Å². The molecular weight excluding hydrogens is 376 g/mol. The number of carbonyl (C=O) groups excluding carboxylic acids is 2. The molecule has 0 bridgehead atoms. The molecule has 1 aromatic heterocycles. The number of hydrogen-bond acceptors (Lipinski definition) is 4. The lowest BCUT2D eigenvalue weighted by molar-refractivity contribution is -0.124. The number of fused-ring (bicyclic) bond motifs is 2. The first kappa shape index (κ1) is 19.6. The van der Waals surface area contributed by atoms with Crippen LogP contribution in [-0.4, -0.2) is 23.0 Å². The van der Waals surface area contributed by atoms with E-state index in [4.69, 9.17) is 4.74 Å². The highest BCUT2D eigenvalue weighted by Crippen LogP contribution is 2.24. The summed E-state index contributed by atoms with van der Waals surface area (Å²) in [5.74, 6) is -0.881. The minimum atomic E-state index is -0.899. The Bertz CT molecular complexity index is 1240. The first-order chi connectivity index (χ1) is 14.6. The molecule has 4 rings (SSSR count). The van der Waals surface area contributed by atoms with Crippen LogP contribution in [0.1, 0.15) is 29.4 Å². The van der Waals surface area contributed by atoms with Crippen LogP contribution in [0.15, 0.2) is 72.8 Å². The summed E-state index contributed by atoms with van der Waals surface area (Å²) in [6.07, 6.45) is -0.534. The molecule has 1 atom stereocenters. The molecule has 30 heavy (non-hydrogen) atoms. The third kappa shape index (κ3) is 3.87. The van der Waals surface area contributed by atoms with Crippen LogP contribution < -0.4 is 5.32 Å². The number of ether oxygens (including phenoxy) is 1. The third-order valence-corrected chi connectivity index (χ3v) is 5.02. The lowest BCUT2D eigenvalue weighted by atomic mass is 10.1. The van der Waals surface area contributed by atoms with E-state index >= 15 is 0 Å². The van der Waals surface area contributed by atoms with Gasteiger partial charge in [0.05, 0.1) is 11.1 Å².